The zero-order valence-corrected chi connectivity index (χ0v) is 22.0. The number of carbonyl (C=O) groups excluding carboxylic acids is 1. The topological polar surface area (TPSA) is 46.5 Å². The van der Waals surface area contributed by atoms with Crippen LogP contribution in [0, 0.1) is 38.9 Å². The van der Waals surface area contributed by atoms with Crippen LogP contribution in [-0.2, 0) is 9.53 Å². The van der Waals surface area contributed by atoms with Gasteiger partial charge in [-0.3, -0.25) is 4.79 Å². The summed E-state index contributed by atoms with van der Waals surface area (Å²) in [5.74, 6) is 1.05. The van der Waals surface area contributed by atoms with Gasteiger partial charge < -0.3 is 9.84 Å². The summed E-state index contributed by atoms with van der Waals surface area (Å²) in [6.07, 6.45) is 17.7. The van der Waals surface area contributed by atoms with E-state index in [0.29, 0.717) is 24.9 Å². The molecule has 5 unspecified atom stereocenters. The van der Waals surface area contributed by atoms with Crippen LogP contribution in [0.4, 0.5) is 0 Å². The highest BCUT2D eigenvalue weighted by Gasteiger charge is 2.72. The van der Waals surface area contributed by atoms with E-state index in [1.54, 1.807) is 0 Å². The maximum absolute atomic E-state index is 12.7. The average Bonchev–Trinajstić information content (AvgIpc) is 3.13. The van der Waals surface area contributed by atoms with Crippen molar-refractivity contribution < 1.29 is 14.6 Å². The van der Waals surface area contributed by atoms with Gasteiger partial charge in [0.05, 0.1) is 19.1 Å². The van der Waals surface area contributed by atoms with Crippen molar-refractivity contribution in [1.29, 1.82) is 0 Å². The maximum atomic E-state index is 12.7. The van der Waals surface area contributed by atoms with Crippen molar-refractivity contribution in [1.82, 2.24) is 0 Å². The summed E-state index contributed by atoms with van der Waals surface area (Å²) in [5.41, 5.74) is 1.23. The molecule has 4 rings (SSSR count). The van der Waals surface area contributed by atoms with Crippen molar-refractivity contribution in [2.24, 2.45) is 38.9 Å². The SMILES string of the molecule is CC(C)=C/C=C/C=C/C1(C)CCC2[C@@]3(C)CCC(O)C(C)(C)C3CC[C@@]2(C)C12COC(=O)C2. The van der Waals surface area contributed by atoms with E-state index in [0.717, 1.165) is 32.1 Å². The molecule has 33 heavy (non-hydrogen) atoms. The highest BCUT2D eigenvalue weighted by molar-refractivity contribution is 5.73. The Kier molecular flexibility index (Phi) is 6.08. The highest BCUT2D eigenvalue weighted by atomic mass is 16.5. The van der Waals surface area contributed by atoms with Crippen molar-refractivity contribution in [3.05, 3.63) is 36.0 Å². The molecule has 1 saturated heterocycles. The molecule has 0 aromatic rings. The number of fused-ring (bicyclic) bond motifs is 4. The summed E-state index contributed by atoms with van der Waals surface area (Å²) in [6, 6.07) is 0. The predicted octanol–water partition coefficient (Wildman–Crippen LogP) is 7.02. The Morgan fingerprint density at radius 2 is 1.64 bits per heavy atom. The summed E-state index contributed by atoms with van der Waals surface area (Å²) < 4.78 is 5.80. The molecule has 4 fully saturated rings. The third kappa shape index (κ3) is 3.51. The molecule has 4 aliphatic rings. The minimum absolute atomic E-state index is 0.0248. The molecule has 1 N–H and O–H groups in total. The minimum Gasteiger partial charge on any atom is -0.465 e. The van der Waals surface area contributed by atoms with Crippen LogP contribution in [0.2, 0.25) is 0 Å². The zero-order chi connectivity index (χ0) is 24.3. The molecule has 1 heterocycles. The molecule has 1 aliphatic heterocycles. The van der Waals surface area contributed by atoms with Crippen LogP contribution >= 0.6 is 0 Å². The monoisotopic (exact) mass is 454 g/mol. The first-order valence-corrected chi connectivity index (χ1v) is 13.2. The highest BCUT2D eigenvalue weighted by Crippen LogP contribution is 2.76. The molecular formula is C30H46O3. The van der Waals surface area contributed by atoms with E-state index >= 15 is 0 Å². The fourth-order valence-electron chi connectivity index (χ4n) is 9.21. The average molecular weight is 455 g/mol. The number of hydrogen-bond donors (Lipinski definition) is 1. The number of aliphatic hydroxyl groups is 1. The van der Waals surface area contributed by atoms with Gasteiger partial charge in [-0.1, -0.05) is 70.6 Å². The van der Waals surface area contributed by atoms with Gasteiger partial charge in [-0.15, -0.1) is 0 Å². The van der Waals surface area contributed by atoms with E-state index in [4.69, 9.17) is 4.74 Å². The van der Waals surface area contributed by atoms with Crippen molar-refractivity contribution >= 4 is 5.97 Å². The number of hydrogen-bond acceptors (Lipinski definition) is 3. The second-order valence-corrected chi connectivity index (χ2v) is 13.3. The number of carbonyl (C=O) groups is 1. The van der Waals surface area contributed by atoms with Crippen LogP contribution in [0.15, 0.2) is 36.0 Å². The first-order valence-electron chi connectivity index (χ1n) is 13.2. The van der Waals surface area contributed by atoms with E-state index in [-0.39, 0.29) is 39.1 Å². The van der Waals surface area contributed by atoms with Gasteiger partial charge in [0.2, 0.25) is 0 Å². The van der Waals surface area contributed by atoms with Crippen molar-refractivity contribution in [2.45, 2.75) is 99.5 Å². The Morgan fingerprint density at radius 1 is 0.939 bits per heavy atom. The third-order valence-corrected chi connectivity index (χ3v) is 11.2. The third-order valence-electron chi connectivity index (χ3n) is 11.2. The van der Waals surface area contributed by atoms with Crippen LogP contribution < -0.4 is 0 Å². The number of rotatable bonds is 3. The van der Waals surface area contributed by atoms with E-state index in [2.05, 4.69) is 78.8 Å². The van der Waals surface area contributed by atoms with Gasteiger partial charge in [0, 0.05) is 5.41 Å². The second kappa shape index (κ2) is 8.11. The standard InChI is InChI=1S/C30H46O3/c1-21(2)11-9-8-10-15-27(5)16-12-23-28(6)17-14-24(31)26(3,4)22(28)13-18-29(23,7)30(27)19-25(32)33-20-30/h8-11,15,22-24,31H,12-14,16-20H2,1-7H3/b9-8+,15-10+/t22?,23?,24?,27?,28-,29+,30?/m0/s1. The molecule has 0 aromatic heterocycles. The van der Waals surface area contributed by atoms with Crippen LogP contribution in [-0.4, -0.2) is 23.8 Å². The lowest BCUT2D eigenvalue weighted by Gasteiger charge is -2.71. The van der Waals surface area contributed by atoms with E-state index in [9.17, 15) is 9.90 Å². The number of cyclic esters (lactones) is 1. The van der Waals surface area contributed by atoms with E-state index in [1.807, 2.05) is 0 Å². The lowest BCUT2D eigenvalue weighted by atomic mass is 9.33. The molecule has 184 valence electrons. The lowest BCUT2D eigenvalue weighted by molar-refractivity contribution is -0.237. The summed E-state index contributed by atoms with van der Waals surface area (Å²) in [4.78, 5) is 12.7. The van der Waals surface area contributed by atoms with Crippen molar-refractivity contribution in [2.75, 3.05) is 6.61 Å². The smallest absolute Gasteiger partial charge is 0.306 e. The fourth-order valence-corrected chi connectivity index (χ4v) is 9.21. The number of allylic oxidation sites excluding steroid dienone is 6. The minimum atomic E-state index is -0.213. The molecule has 0 aromatic carbocycles. The number of ether oxygens (including phenoxy) is 1. The van der Waals surface area contributed by atoms with E-state index in [1.165, 1.54) is 12.0 Å². The Hall–Kier alpha value is -1.35. The van der Waals surface area contributed by atoms with Gasteiger partial charge >= 0.3 is 5.97 Å². The second-order valence-electron chi connectivity index (χ2n) is 13.3. The Morgan fingerprint density at radius 3 is 2.27 bits per heavy atom. The molecule has 3 heteroatoms. The summed E-state index contributed by atoms with van der Waals surface area (Å²) >= 11 is 0. The van der Waals surface area contributed by atoms with Crippen LogP contribution in [0.5, 0.6) is 0 Å². The Bertz CT molecular complexity index is 877. The van der Waals surface area contributed by atoms with Gasteiger partial charge in [0.25, 0.3) is 0 Å². The van der Waals surface area contributed by atoms with E-state index < -0.39 is 0 Å². The molecular weight excluding hydrogens is 408 g/mol. The van der Waals surface area contributed by atoms with Crippen LogP contribution in [0.3, 0.4) is 0 Å². The molecule has 7 atom stereocenters. The molecule has 0 amide bonds. The lowest BCUT2D eigenvalue weighted by Crippen LogP contribution is -2.67. The normalized spacial score (nSPS) is 46.9. The first-order chi connectivity index (χ1) is 15.3. The van der Waals surface area contributed by atoms with Crippen molar-refractivity contribution in [3.63, 3.8) is 0 Å². The molecule has 3 nitrogen and oxygen atoms in total. The van der Waals surface area contributed by atoms with Gasteiger partial charge in [-0.2, -0.15) is 0 Å². The predicted molar refractivity (Wildman–Crippen MR) is 135 cm³/mol. The molecule has 0 bridgehead atoms. The summed E-state index contributed by atoms with van der Waals surface area (Å²) in [5, 5.41) is 10.9. The Labute approximate surface area is 201 Å². The number of esters is 1. The quantitative estimate of drug-likeness (QED) is 0.368. The van der Waals surface area contributed by atoms with Gasteiger partial charge in [0.1, 0.15) is 0 Å². The van der Waals surface area contributed by atoms with Crippen LogP contribution in [0.1, 0.15) is 93.4 Å². The molecule has 3 aliphatic carbocycles. The molecule has 3 saturated carbocycles. The Balaban J connectivity index is 1.74. The maximum Gasteiger partial charge on any atom is 0.306 e. The first kappa shape index (κ1) is 24.8. The van der Waals surface area contributed by atoms with Crippen LogP contribution in [0.25, 0.3) is 0 Å². The molecule has 0 radical (unpaired) electrons. The van der Waals surface area contributed by atoms with Crippen molar-refractivity contribution in [3.8, 4) is 0 Å². The summed E-state index contributed by atoms with van der Waals surface area (Å²) in [6.45, 7) is 16.7. The largest absolute Gasteiger partial charge is 0.465 e. The summed E-state index contributed by atoms with van der Waals surface area (Å²) in [7, 11) is 0. The van der Waals surface area contributed by atoms with Gasteiger partial charge in [-0.25, -0.2) is 0 Å². The van der Waals surface area contributed by atoms with Gasteiger partial charge in [0.15, 0.2) is 0 Å². The van der Waals surface area contributed by atoms with Gasteiger partial charge in [-0.05, 0) is 85.9 Å². The molecule has 1 spiro atoms. The zero-order valence-electron chi connectivity index (χ0n) is 22.0. The number of aliphatic hydroxyl groups excluding tert-OH is 1. The fraction of sp³-hybridized carbons (Fsp3) is 0.767.